The number of benzene rings is 1. The third kappa shape index (κ3) is 2.68. The van der Waals surface area contributed by atoms with Gasteiger partial charge in [-0.3, -0.25) is 0 Å². The maximum atomic E-state index is 3.45. The highest BCUT2D eigenvalue weighted by Gasteiger charge is 2.37. The van der Waals surface area contributed by atoms with Crippen molar-refractivity contribution in [2.75, 3.05) is 0 Å². The first kappa shape index (κ1) is 18.4. The maximum Gasteiger partial charge on any atom is 0.0723 e. The van der Waals surface area contributed by atoms with Crippen LogP contribution in [0.15, 0.2) is 97.6 Å². The molecule has 0 spiro atoms. The molecule has 5 aromatic rings. The molecule has 4 nitrogen and oxygen atoms in total. The predicted octanol–water partition coefficient (Wildman–Crippen LogP) is 5.71. The van der Waals surface area contributed by atoms with Gasteiger partial charge in [-0.2, -0.15) is 0 Å². The van der Waals surface area contributed by atoms with Gasteiger partial charge in [0.2, 0.25) is 0 Å². The summed E-state index contributed by atoms with van der Waals surface area (Å²) in [5, 5.41) is 0. The van der Waals surface area contributed by atoms with Gasteiger partial charge in [0.25, 0.3) is 0 Å². The van der Waals surface area contributed by atoms with E-state index in [9.17, 15) is 0 Å². The third-order valence-corrected chi connectivity index (χ3v) is 6.56. The lowest BCUT2D eigenvalue weighted by Gasteiger charge is -2.33. The van der Waals surface area contributed by atoms with Crippen molar-refractivity contribution in [3.63, 3.8) is 0 Å². The highest BCUT2D eigenvalue weighted by Crippen LogP contribution is 2.42. The van der Waals surface area contributed by atoms with Gasteiger partial charge < -0.3 is 19.9 Å². The molecule has 0 amide bonds. The fourth-order valence-corrected chi connectivity index (χ4v) is 4.62. The van der Waals surface area contributed by atoms with Gasteiger partial charge in [-0.15, -0.1) is 0 Å². The van der Waals surface area contributed by atoms with Gasteiger partial charge >= 0.3 is 0 Å². The van der Waals surface area contributed by atoms with Crippen LogP contribution in [0.1, 0.15) is 47.8 Å². The number of H-pyrrole nitrogens is 4. The van der Waals surface area contributed by atoms with Crippen LogP contribution in [0.4, 0.5) is 0 Å². The SMILES string of the molecule is CC(c1cccc(C(C)(c2ccc[nH]2)c2ccc[nH]2)c1)(c1ccc[nH]1)c1ccc[nH]1. The number of rotatable bonds is 6. The van der Waals surface area contributed by atoms with E-state index >= 15 is 0 Å². The minimum atomic E-state index is -0.324. The van der Waals surface area contributed by atoms with Crippen molar-refractivity contribution in [2.24, 2.45) is 0 Å². The minimum absolute atomic E-state index is 0.324. The molecule has 0 bridgehead atoms. The molecule has 1 aromatic carbocycles. The van der Waals surface area contributed by atoms with Gasteiger partial charge in [-0.05, 0) is 73.5 Å². The van der Waals surface area contributed by atoms with Gasteiger partial charge in [-0.1, -0.05) is 24.3 Å². The Morgan fingerprint density at radius 1 is 0.467 bits per heavy atom. The number of aromatic amines is 4. The van der Waals surface area contributed by atoms with Gasteiger partial charge in [0, 0.05) is 47.6 Å². The molecule has 4 N–H and O–H groups in total. The van der Waals surface area contributed by atoms with E-state index in [0.29, 0.717) is 0 Å². The molecule has 150 valence electrons. The van der Waals surface area contributed by atoms with Crippen molar-refractivity contribution in [3.8, 4) is 0 Å². The molecule has 5 rings (SSSR count). The van der Waals surface area contributed by atoms with Crippen LogP contribution in [0.25, 0.3) is 0 Å². The lowest BCUT2D eigenvalue weighted by molar-refractivity contribution is 0.628. The summed E-state index contributed by atoms with van der Waals surface area (Å²) in [6.45, 7) is 4.54. The highest BCUT2D eigenvalue weighted by atomic mass is 14.8. The zero-order valence-electron chi connectivity index (χ0n) is 17.2. The second-order valence-corrected chi connectivity index (χ2v) is 8.17. The van der Waals surface area contributed by atoms with Crippen LogP contribution >= 0.6 is 0 Å². The van der Waals surface area contributed by atoms with E-state index in [1.807, 2.05) is 24.8 Å². The molecule has 0 aliphatic rings. The van der Waals surface area contributed by atoms with Crippen LogP contribution in [-0.4, -0.2) is 19.9 Å². The quantitative estimate of drug-likeness (QED) is 0.285. The molecule has 0 saturated heterocycles. The molecule has 4 heteroatoms. The Hall–Kier alpha value is -3.66. The average molecular weight is 395 g/mol. The van der Waals surface area contributed by atoms with E-state index in [2.05, 4.69) is 107 Å². The van der Waals surface area contributed by atoms with Gasteiger partial charge in [0.1, 0.15) is 0 Å². The number of nitrogens with one attached hydrogen (secondary N) is 4. The van der Waals surface area contributed by atoms with E-state index in [-0.39, 0.29) is 10.8 Å². The largest absolute Gasteiger partial charge is 0.364 e. The van der Waals surface area contributed by atoms with Crippen molar-refractivity contribution < 1.29 is 0 Å². The first-order valence-corrected chi connectivity index (χ1v) is 10.3. The Morgan fingerprint density at radius 3 is 1.07 bits per heavy atom. The van der Waals surface area contributed by atoms with Crippen LogP contribution in [0, 0.1) is 0 Å². The summed E-state index contributed by atoms with van der Waals surface area (Å²) in [6.07, 6.45) is 7.95. The first-order chi connectivity index (χ1) is 14.6. The third-order valence-electron chi connectivity index (χ3n) is 6.56. The van der Waals surface area contributed by atoms with E-state index in [1.54, 1.807) is 0 Å². The van der Waals surface area contributed by atoms with Crippen molar-refractivity contribution in [1.29, 1.82) is 0 Å². The monoisotopic (exact) mass is 394 g/mol. The summed E-state index contributed by atoms with van der Waals surface area (Å²) in [4.78, 5) is 13.8. The van der Waals surface area contributed by atoms with Gasteiger partial charge in [0.15, 0.2) is 0 Å². The molecule has 4 aromatic heterocycles. The molecule has 30 heavy (non-hydrogen) atoms. The molecule has 0 atom stereocenters. The van der Waals surface area contributed by atoms with E-state index in [0.717, 1.165) is 22.8 Å². The highest BCUT2D eigenvalue weighted by molar-refractivity contribution is 5.51. The normalized spacial score (nSPS) is 12.3. The Labute approximate surface area is 176 Å². The van der Waals surface area contributed by atoms with Crippen molar-refractivity contribution in [1.82, 2.24) is 19.9 Å². The molecule has 0 saturated carbocycles. The Balaban J connectivity index is 1.72. The average Bonchev–Trinajstić information content (AvgIpc) is 3.61. The smallest absolute Gasteiger partial charge is 0.0723 e. The van der Waals surface area contributed by atoms with Crippen LogP contribution < -0.4 is 0 Å². The summed E-state index contributed by atoms with van der Waals surface area (Å²) in [7, 11) is 0. The molecular weight excluding hydrogens is 368 g/mol. The van der Waals surface area contributed by atoms with E-state index < -0.39 is 0 Å². The molecule has 4 heterocycles. The summed E-state index contributed by atoms with van der Waals surface area (Å²) < 4.78 is 0. The lowest BCUT2D eigenvalue weighted by Crippen LogP contribution is -2.29. The lowest BCUT2D eigenvalue weighted by atomic mass is 9.72. The molecule has 0 aliphatic heterocycles. The second-order valence-electron chi connectivity index (χ2n) is 8.17. The van der Waals surface area contributed by atoms with Crippen molar-refractivity contribution in [3.05, 3.63) is 131 Å². The van der Waals surface area contributed by atoms with Gasteiger partial charge in [-0.25, -0.2) is 0 Å². The second kappa shape index (κ2) is 6.99. The fraction of sp³-hybridized carbons (Fsp3) is 0.154. The summed E-state index contributed by atoms with van der Waals surface area (Å²) in [6, 6.07) is 25.8. The summed E-state index contributed by atoms with van der Waals surface area (Å²) in [5.41, 5.74) is 6.44. The number of hydrogen-bond donors (Lipinski definition) is 4. The molecule has 0 aliphatic carbocycles. The Morgan fingerprint density at radius 2 is 0.800 bits per heavy atom. The first-order valence-electron chi connectivity index (χ1n) is 10.3. The Bertz CT molecular complexity index is 1030. The molecule has 0 fully saturated rings. The standard InChI is InChI=1S/C26H26N4/c1-25(21-10-4-14-27-21,22-11-5-15-28-22)19-8-3-9-20(18-19)26(2,23-12-6-16-29-23)24-13-7-17-30-24/h3-18,27-30H,1-2H3. The zero-order valence-corrected chi connectivity index (χ0v) is 17.2. The van der Waals surface area contributed by atoms with Gasteiger partial charge in [0.05, 0.1) is 10.8 Å². The van der Waals surface area contributed by atoms with E-state index in [4.69, 9.17) is 0 Å². The number of hydrogen-bond acceptors (Lipinski definition) is 0. The van der Waals surface area contributed by atoms with E-state index in [1.165, 1.54) is 11.1 Å². The molecule has 0 radical (unpaired) electrons. The minimum Gasteiger partial charge on any atom is -0.364 e. The van der Waals surface area contributed by atoms with Crippen LogP contribution in [0.3, 0.4) is 0 Å². The van der Waals surface area contributed by atoms with Crippen LogP contribution in [0.2, 0.25) is 0 Å². The fourth-order valence-electron chi connectivity index (χ4n) is 4.62. The topological polar surface area (TPSA) is 63.2 Å². The van der Waals surface area contributed by atoms with Crippen LogP contribution in [-0.2, 0) is 10.8 Å². The number of aromatic nitrogens is 4. The van der Waals surface area contributed by atoms with Crippen molar-refractivity contribution >= 4 is 0 Å². The summed E-state index contributed by atoms with van der Waals surface area (Å²) in [5.74, 6) is 0. The Kier molecular flexibility index (Phi) is 4.28. The van der Waals surface area contributed by atoms with Crippen molar-refractivity contribution in [2.45, 2.75) is 24.7 Å². The van der Waals surface area contributed by atoms with Crippen LogP contribution in [0.5, 0.6) is 0 Å². The molecular formula is C26H26N4. The molecule has 0 unspecified atom stereocenters. The predicted molar refractivity (Wildman–Crippen MR) is 121 cm³/mol. The maximum absolute atomic E-state index is 3.45. The summed E-state index contributed by atoms with van der Waals surface area (Å²) >= 11 is 0. The zero-order chi connectivity index (χ0) is 20.6.